The van der Waals surface area contributed by atoms with Crippen LogP contribution in [0.5, 0.6) is 0 Å². The Labute approximate surface area is 310 Å². The van der Waals surface area contributed by atoms with E-state index in [1.54, 1.807) is 27.7 Å². The smallest absolute Gasteiger partial charge is 0.171 e. The van der Waals surface area contributed by atoms with Gasteiger partial charge in [0, 0.05) is 2.74 Å². The van der Waals surface area contributed by atoms with Gasteiger partial charge in [0.15, 0.2) is 0 Å². The van der Waals surface area contributed by atoms with E-state index in [-0.39, 0.29) is 52.8 Å². The maximum absolute atomic E-state index is 12.4. The van der Waals surface area contributed by atoms with E-state index < -0.39 is 54.7 Å². The Morgan fingerprint density at radius 2 is 0.808 bits per heavy atom. The number of halogens is 12. The highest BCUT2D eigenvalue weighted by atomic mass is 19.4. The van der Waals surface area contributed by atoms with Crippen molar-refractivity contribution in [3.05, 3.63) is 0 Å². The van der Waals surface area contributed by atoms with Crippen molar-refractivity contribution in [2.45, 2.75) is 178 Å². The van der Waals surface area contributed by atoms with E-state index >= 15 is 0 Å². The number of hydrogen-bond donors (Lipinski definition) is 0. The van der Waals surface area contributed by atoms with Crippen LogP contribution < -0.4 is 0 Å². The SMILES string of the molecule is CC1CC(C(F)(F)F)C[C@@H](C)C1.CC1CC(C)C(C(F)(F)F)C1.CC1CCC(C(F)(F)F)C1C.CC1CCCC(C(F)(F)F)[C@@H]1C.[2H]C([2H])(C)C(C)(C)C. The molecule has 0 heterocycles. The normalized spacial score (nSPS) is 36.6. The van der Waals surface area contributed by atoms with E-state index in [1.807, 2.05) is 55.4 Å². The molecule has 4 saturated carbocycles. The van der Waals surface area contributed by atoms with Gasteiger partial charge in [-0.25, -0.2) is 0 Å². The third-order valence-electron chi connectivity index (χ3n) is 11.9. The summed E-state index contributed by atoms with van der Waals surface area (Å²) in [7, 11) is 0. The van der Waals surface area contributed by atoms with Crippen molar-refractivity contribution >= 4 is 0 Å². The summed E-state index contributed by atoms with van der Waals surface area (Å²) in [5, 5.41) is 0. The van der Waals surface area contributed by atoms with Crippen LogP contribution in [0.3, 0.4) is 0 Å². The molecular weight excluding hydrogens is 708 g/mol. The van der Waals surface area contributed by atoms with Gasteiger partial charge in [-0.15, -0.1) is 0 Å². The molecule has 314 valence electrons. The summed E-state index contributed by atoms with van der Waals surface area (Å²) in [6.07, 6.45) is -11.2. The molecule has 4 rings (SSSR count). The maximum atomic E-state index is 12.4. The predicted octanol–water partition coefficient (Wildman–Crippen LogP) is 16.1. The second kappa shape index (κ2) is 20.9. The van der Waals surface area contributed by atoms with Crippen molar-refractivity contribution in [3.8, 4) is 0 Å². The largest absolute Gasteiger partial charge is 0.392 e. The fourth-order valence-corrected chi connectivity index (χ4v) is 8.10. The Bertz CT molecular complexity index is 1000. The van der Waals surface area contributed by atoms with Crippen LogP contribution >= 0.6 is 0 Å². The van der Waals surface area contributed by atoms with Crippen LogP contribution in [0.25, 0.3) is 0 Å². The van der Waals surface area contributed by atoms with E-state index in [9.17, 15) is 52.7 Å². The number of hydrogen-bond acceptors (Lipinski definition) is 0. The van der Waals surface area contributed by atoms with Gasteiger partial charge in [-0.1, -0.05) is 102 Å². The Morgan fingerprint density at radius 3 is 1.06 bits per heavy atom. The van der Waals surface area contributed by atoms with Crippen molar-refractivity contribution < 1.29 is 55.4 Å². The fourth-order valence-electron chi connectivity index (χ4n) is 8.10. The molecule has 12 atom stereocenters. The molecule has 0 bridgehead atoms. The minimum Gasteiger partial charge on any atom is -0.171 e. The van der Waals surface area contributed by atoms with Crippen LogP contribution in [0.2, 0.25) is 0 Å². The summed E-state index contributed by atoms with van der Waals surface area (Å²) in [6, 6.07) is 0. The lowest BCUT2D eigenvalue weighted by Crippen LogP contribution is -2.35. The number of alkyl halides is 12. The molecule has 4 aliphatic carbocycles. The van der Waals surface area contributed by atoms with E-state index in [4.69, 9.17) is 2.74 Å². The van der Waals surface area contributed by atoms with Gasteiger partial charge < -0.3 is 0 Å². The third-order valence-corrected chi connectivity index (χ3v) is 11.9. The minimum atomic E-state index is -3.98. The second-order valence-corrected chi connectivity index (χ2v) is 17.8. The van der Waals surface area contributed by atoms with Gasteiger partial charge in [0.2, 0.25) is 0 Å². The Morgan fingerprint density at radius 1 is 0.442 bits per heavy atom. The van der Waals surface area contributed by atoms with Crippen LogP contribution in [0.15, 0.2) is 0 Å². The van der Waals surface area contributed by atoms with Crippen molar-refractivity contribution in [2.24, 2.45) is 76.4 Å². The molecule has 12 heteroatoms. The Kier molecular flexibility index (Phi) is 19.0. The van der Waals surface area contributed by atoms with Gasteiger partial charge >= 0.3 is 24.7 Å². The molecule has 0 aromatic rings. The highest BCUT2D eigenvalue weighted by Gasteiger charge is 2.49. The van der Waals surface area contributed by atoms with E-state index in [0.29, 0.717) is 32.1 Å². The van der Waals surface area contributed by atoms with Gasteiger partial charge in [0.1, 0.15) is 0 Å². The average molecular weight is 781 g/mol. The molecule has 4 fully saturated rings. The van der Waals surface area contributed by atoms with Crippen LogP contribution in [0.1, 0.15) is 156 Å². The molecule has 4 aliphatic rings. The molecule has 0 nitrogen and oxygen atoms in total. The second-order valence-electron chi connectivity index (χ2n) is 17.8. The average Bonchev–Trinajstić information content (AvgIpc) is 3.48. The quantitative estimate of drug-likeness (QED) is 0.215. The summed E-state index contributed by atoms with van der Waals surface area (Å²) in [6.45, 7) is 21.9. The summed E-state index contributed by atoms with van der Waals surface area (Å²) < 4.78 is 162. The van der Waals surface area contributed by atoms with Crippen molar-refractivity contribution in [2.75, 3.05) is 0 Å². The van der Waals surface area contributed by atoms with Crippen LogP contribution in [-0.4, -0.2) is 24.7 Å². The van der Waals surface area contributed by atoms with Gasteiger partial charge in [0.25, 0.3) is 0 Å². The zero-order valence-electron chi connectivity index (χ0n) is 35.5. The van der Waals surface area contributed by atoms with E-state index in [0.717, 1.165) is 32.1 Å². The van der Waals surface area contributed by atoms with Crippen molar-refractivity contribution in [3.63, 3.8) is 0 Å². The van der Waals surface area contributed by atoms with Crippen LogP contribution in [-0.2, 0) is 0 Å². The molecule has 0 aromatic heterocycles. The summed E-state index contributed by atoms with van der Waals surface area (Å²) >= 11 is 0. The molecule has 0 radical (unpaired) electrons. The van der Waals surface area contributed by atoms with Gasteiger partial charge in [0.05, 0.1) is 23.7 Å². The highest BCUT2D eigenvalue weighted by molar-refractivity contribution is 4.85. The Balaban J connectivity index is 0.000000655. The lowest BCUT2D eigenvalue weighted by Gasteiger charge is -2.35. The molecular formula is C40H70F12. The first-order valence-corrected chi connectivity index (χ1v) is 19.2. The first-order chi connectivity index (χ1) is 23.9. The monoisotopic (exact) mass is 781 g/mol. The fraction of sp³-hybridized carbons (Fsp3) is 1.00. The molecule has 0 aliphatic heterocycles. The Hall–Kier alpha value is -0.840. The summed E-state index contributed by atoms with van der Waals surface area (Å²) in [5.74, 6) is -3.56. The van der Waals surface area contributed by atoms with Gasteiger partial charge in [-0.2, -0.15) is 52.7 Å². The third kappa shape index (κ3) is 19.2. The van der Waals surface area contributed by atoms with E-state index in [2.05, 4.69) is 0 Å². The topological polar surface area (TPSA) is 0 Å². The first-order valence-electron chi connectivity index (χ1n) is 20.2. The zero-order valence-corrected chi connectivity index (χ0v) is 33.5. The minimum absolute atomic E-state index is 0.176. The lowest BCUT2D eigenvalue weighted by molar-refractivity contribution is -0.199. The molecule has 10 unspecified atom stereocenters. The molecule has 0 saturated heterocycles. The lowest BCUT2D eigenvalue weighted by atomic mass is 9.73. The summed E-state index contributed by atoms with van der Waals surface area (Å²) in [4.78, 5) is 0. The molecule has 0 N–H and O–H groups in total. The van der Waals surface area contributed by atoms with Crippen molar-refractivity contribution in [1.29, 1.82) is 0 Å². The molecule has 0 amide bonds. The predicted molar refractivity (Wildman–Crippen MR) is 187 cm³/mol. The first kappa shape index (κ1) is 47.3. The van der Waals surface area contributed by atoms with Crippen molar-refractivity contribution in [1.82, 2.24) is 0 Å². The number of rotatable bonds is 0. The standard InChI is InChI=1S/2C9H15F3.2C8H13F3.C6H14/c1-6-3-7(2)5-8(4-6)9(10,11)12;1-6-4-3-5-8(7(6)2)9(10,11)12;1-5-3-6(2)7(4-5)8(9,10)11;1-5-3-4-7(6(5)2)8(9,10)11;1-5-6(2,3)4/h2*6-8H,3-5H2,1-2H3;2*5-7H,3-4H2,1-2H3;5H2,1-4H3/t6-,7?,8?;6?,7-,8?;;;/m01.../s1/i;;;;5D2. The maximum Gasteiger partial charge on any atom is 0.392 e. The van der Waals surface area contributed by atoms with Gasteiger partial charge in [-0.05, 0) is 104 Å². The van der Waals surface area contributed by atoms with E-state index in [1.165, 1.54) is 0 Å². The van der Waals surface area contributed by atoms with Crippen LogP contribution in [0, 0.1) is 76.4 Å². The zero-order chi connectivity index (χ0) is 43.0. The molecule has 0 spiro atoms. The summed E-state index contributed by atoms with van der Waals surface area (Å²) in [5.41, 5.74) is -0.229. The van der Waals surface area contributed by atoms with Crippen LogP contribution in [0.4, 0.5) is 52.7 Å². The van der Waals surface area contributed by atoms with Gasteiger partial charge in [-0.3, -0.25) is 0 Å². The highest BCUT2D eigenvalue weighted by Crippen LogP contribution is 2.47. The molecule has 0 aromatic carbocycles. The molecule has 52 heavy (non-hydrogen) atoms.